The lowest BCUT2D eigenvalue weighted by Crippen LogP contribution is -2.37. The van der Waals surface area contributed by atoms with Crippen LogP contribution in [-0.2, 0) is 17.7 Å². The molecule has 0 bridgehead atoms. The molecule has 2 aromatic carbocycles. The van der Waals surface area contributed by atoms with Crippen LogP contribution in [0.25, 0.3) is 0 Å². The number of nitrogens with one attached hydrogen (secondary N) is 3. The summed E-state index contributed by atoms with van der Waals surface area (Å²) < 4.78 is 5.04. The fraction of sp³-hybridized carbons (Fsp3) is 0.381. The third-order valence-electron chi connectivity index (χ3n) is 4.05. The first-order chi connectivity index (χ1) is 12.8. The zero-order valence-corrected chi connectivity index (χ0v) is 15.8. The molecule has 0 atom stereocenters. The Balaban J connectivity index is 1.66. The third-order valence-corrected chi connectivity index (χ3v) is 4.05. The molecule has 3 N–H and O–H groups in total. The number of ether oxygens (including phenoxy) is 1. The Morgan fingerprint density at radius 3 is 2.38 bits per heavy atom. The predicted molar refractivity (Wildman–Crippen MR) is 110 cm³/mol. The zero-order chi connectivity index (χ0) is 18.5. The summed E-state index contributed by atoms with van der Waals surface area (Å²) in [7, 11) is 3.51. The van der Waals surface area contributed by atoms with Crippen LogP contribution in [0.5, 0.6) is 0 Å². The number of rotatable bonds is 10. The highest BCUT2D eigenvalue weighted by Crippen LogP contribution is 2.09. The van der Waals surface area contributed by atoms with Gasteiger partial charge in [0.15, 0.2) is 5.96 Å². The molecule has 0 aliphatic carbocycles. The van der Waals surface area contributed by atoms with E-state index in [0.717, 1.165) is 44.1 Å². The third kappa shape index (κ3) is 7.57. The van der Waals surface area contributed by atoms with Crippen molar-refractivity contribution in [2.24, 2.45) is 4.99 Å². The number of nitrogens with zero attached hydrogens (tertiary/aromatic N) is 1. The van der Waals surface area contributed by atoms with E-state index in [1.165, 1.54) is 11.1 Å². The van der Waals surface area contributed by atoms with Crippen LogP contribution >= 0.6 is 0 Å². The molecule has 0 heterocycles. The number of aliphatic imine (C=N–C) groups is 1. The van der Waals surface area contributed by atoms with E-state index >= 15 is 0 Å². The molecule has 5 nitrogen and oxygen atoms in total. The molecule has 140 valence electrons. The molecule has 2 rings (SSSR count). The average Bonchev–Trinajstić information content (AvgIpc) is 2.69. The Kier molecular flexibility index (Phi) is 9.08. The van der Waals surface area contributed by atoms with Crippen LogP contribution in [0.3, 0.4) is 0 Å². The molecule has 0 amide bonds. The van der Waals surface area contributed by atoms with Gasteiger partial charge < -0.3 is 20.7 Å². The molecule has 0 aromatic heterocycles. The molecule has 0 unspecified atom stereocenters. The Hall–Kier alpha value is -2.53. The SMILES string of the molecule is CN=C(NCCCc1ccccc1)NCc1ccc(NCCOC)cc1. The number of aryl methyl sites for hydroxylation is 1. The second-order valence-corrected chi connectivity index (χ2v) is 6.06. The first-order valence-electron chi connectivity index (χ1n) is 9.12. The average molecular weight is 354 g/mol. The summed E-state index contributed by atoms with van der Waals surface area (Å²) in [6.45, 7) is 3.16. The maximum Gasteiger partial charge on any atom is 0.191 e. The summed E-state index contributed by atoms with van der Waals surface area (Å²) in [5.41, 5.74) is 3.69. The number of anilines is 1. The van der Waals surface area contributed by atoms with Crippen LogP contribution < -0.4 is 16.0 Å². The highest BCUT2D eigenvalue weighted by Gasteiger charge is 1.99. The number of guanidine groups is 1. The van der Waals surface area contributed by atoms with Crippen molar-refractivity contribution in [3.8, 4) is 0 Å². The normalized spacial score (nSPS) is 11.2. The summed E-state index contributed by atoms with van der Waals surface area (Å²) in [5, 5.41) is 10.0. The van der Waals surface area contributed by atoms with Gasteiger partial charge in [-0.2, -0.15) is 0 Å². The monoisotopic (exact) mass is 354 g/mol. The Morgan fingerprint density at radius 1 is 0.923 bits per heavy atom. The van der Waals surface area contributed by atoms with E-state index in [1.54, 1.807) is 14.2 Å². The molecular weight excluding hydrogens is 324 g/mol. The number of benzene rings is 2. The highest BCUT2D eigenvalue weighted by molar-refractivity contribution is 5.79. The number of hydrogen-bond acceptors (Lipinski definition) is 3. The van der Waals surface area contributed by atoms with Crippen molar-refractivity contribution < 1.29 is 4.74 Å². The van der Waals surface area contributed by atoms with E-state index in [9.17, 15) is 0 Å². The first-order valence-corrected chi connectivity index (χ1v) is 9.12. The number of methoxy groups -OCH3 is 1. The largest absolute Gasteiger partial charge is 0.383 e. The fourth-order valence-corrected chi connectivity index (χ4v) is 2.59. The fourth-order valence-electron chi connectivity index (χ4n) is 2.59. The summed E-state index contributed by atoms with van der Waals surface area (Å²) in [4.78, 5) is 4.28. The van der Waals surface area contributed by atoms with Crippen molar-refractivity contribution in [3.05, 3.63) is 65.7 Å². The van der Waals surface area contributed by atoms with Crippen molar-refractivity contribution in [2.75, 3.05) is 39.2 Å². The molecule has 0 aliphatic heterocycles. The molecule has 2 aromatic rings. The van der Waals surface area contributed by atoms with Gasteiger partial charge in [-0.15, -0.1) is 0 Å². The van der Waals surface area contributed by atoms with Gasteiger partial charge in [-0.3, -0.25) is 4.99 Å². The van der Waals surface area contributed by atoms with Gasteiger partial charge in [-0.25, -0.2) is 0 Å². The van der Waals surface area contributed by atoms with Crippen LogP contribution in [0.15, 0.2) is 59.6 Å². The maximum atomic E-state index is 5.04. The van der Waals surface area contributed by atoms with Crippen molar-refractivity contribution in [3.63, 3.8) is 0 Å². The van der Waals surface area contributed by atoms with Gasteiger partial charge in [-0.05, 0) is 36.1 Å². The van der Waals surface area contributed by atoms with Crippen LogP contribution in [0, 0.1) is 0 Å². The van der Waals surface area contributed by atoms with E-state index in [0.29, 0.717) is 6.61 Å². The van der Waals surface area contributed by atoms with Gasteiger partial charge in [0, 0.05) is 39.5 Å². The van der Waals surface area contributed by atoms with E-state index in [2.05, 4.69) is 75.5 Å². The molecule has 0 radical (unpaired) electrons. The lowest BCUT2D eigenvalue weighted by Gasteiger charge is -2.12. The van der Waals surface area contributed by atoms with Crippen molar-refractivity contribution >= 4 is 11.6 Å². The molecule has 0 fully saturated rings. The van der Waals surface area contributed by atoms with Crippen LogP contribution in [0.4, 0.5) is 5.69 Å². The minimum absolute atomic E-state index is 0.704. The molecule has 0 spiro atoms. The van der Waals surface area contributed by atoms with Gasteiger partial charge in [-0.1, -0.05) is 42.5 Å². The summed E-state index contributed by atoms with van der Waals surface area (Å²) >= 11 is 0. The van der Waals surface area contributed by atoms with Gasteiger partial charge in [0.1, 0.15) is 0 Å². The summed E-state index contributed by atoms with van der Waals surface area (Å²) in [6, 6.07) is 19.0. The van der Waals surface area contributed by atoms with E-state index in [-0.39, 0.29) is 0 Å². The summed E-state index contributed by atoms with van der Waals surface area (Å²) in [6.07, 6.45) is 2.15. The quantitative estimate of drug-likeness (QED) is 0.349. The van der Waals surface area contributed by atoms with Crippen LogP contribution in [-0.4, -0.2) is 39.8 Å². The topological polar surface area (TPSA) is 57.7 Å². The molecule has 0 saturated carbocycles. The van der Waals surface area contributed by atoms with E-state index < -0.39 is 0 Å². The van der Waals surface area contributed by atoms with Crippen molar-refractivity contribution in [1.82, 2.24) is 10.6 Å². The Labute approximate surface area is 156 Å². The van der Waals surface area contributed by atoms with Crippen LogP contribution in [0.1, 0.15) is 17.5 Å². The van der Waals surface area contributed by atoms with E-state index in [1.807, 2.05) is 0 Å². The van der Waals surface area contributed by atoms with Gasteiger partial charge >= 0.3 is 0 Å². The lowest BCUT2D eigenvalue weighted by molar-refractivity contribution is 0.211. The van der Waals surface area contributed by atoms with Gasteiger partial charge in [0.05, 0.1) is 6.61 Å². The molecule has 26 heavy (non-hydrogen) atoms. The highest BCUT2D eigenvalue weighted by atomic mass is 16.5. The lowest BCUT2D eigenvalue weighted by atomic mass is 10.1. The van der Waals surface area contributed by atoms with Gasteiger partial charge in [0.2, 0.25) is 0 Å². The van der Waals surface area contributed by atoms with Gasteiger partial charge in [0.25, 0.3) is 0 Å². The molecule has 5 heteroatoms. The zero-order valence-electron chi connectivity index (χ0n) is 15.8. The minimum atomic E-state index is 0.704. The Morgan fingerprint density at radius 2 is 1.69 bits per heavy atom. The first kappa shape index (κ1) is 19.8. The standard InChI is InChI=1S/C21H30N4O/c1-22-21(24-14-6-9-18-7-4-3-5-8-18)25-17-19-10-12-20(13-11-19)23-15-16-26-2/h3-5,7-8,10-13,23H,6,9,14-17H2,1-2H3,(H2,22,24,25). The molecular formula is C21H30N4O. The summed E-state index contributed by atoms with van der Waals surface area (Å²) in [5.74, 6) is 0.834. The smallest absolute Gasteiger partial charge is 0.191 e. The van der Waals surface area contributed by atoms with Crippen molar-refractivity contribution in [1.29, 1.82) is 0 Å². The maximum absolute atomic E-state index is 5.04. The Bertz CT molecular complexity index is 641. The molecule has 0 aliphatic rings. The van der Waals surface area contributed by atoms with Crippen LogP contribution in [0.2, 0.25) is 0 Å². The predicted octanol–water partition coefficient (Wildman–Crippen LogP) is 3.04. The number of hydrogen-bond donors (Lipinski definition) is 3. The van der Waals surface area contributed by atoms with E-state index in [4.69, 9.17) is 4.74 Å². The second-order valence-electron chi connectivity index (χ2n) is 6.06. The van der Waals surface area contributed by atoms with Crippen molar-refractivity contribution in [2.45, 2.75) is 19.4 Å². The second kappa shape index (κ2) is 11.9. The molecule has 0 saturated heterocycles. The minimum Gasteiger partial charge on any atom is -0.383 e.